The fourth-order valence-corrected chi connectivity index (χ4v) is 7.22. The van der Waals surface area contributed by atoms with E-state index in [1.807, 2.05) is 42.5 Å². The van der Waals surface area contributed by atoms with Gasteiger partial charge in [0.15, 0.2) is 0 Å². The minimum Gasteiger partial charge on any atom is -0.309 e. The number of hydrogen-bond acceptors (Lipinski definition) is 2. The second-order valence-electron chi connectivity index (χ2n) is 12.0. The van der Waals surface area contributed by atoms with Crippen LogP contribution in [0.15, 0.2) is 158 Å². The maximum Gasteiger partial charge on any atom is 0.0991 e. The van der Waals surface area contributed by atoms with Crippen molar-refractivity contribution in [3.63, 3.8) is 0 Å². The van der Waals surface area contributed by atoms with Gasteiger partial charge in [0, 0.05) is 32.8 Å². The third kappa shape index (κ3) is 4.22. The number of nitrogens with zero attached hydrogens (tertiary/aromatic N) is 4. The number of hydrogen-bond donors (Lipinski definition) is 0. The fourth-order valence-electron chi connectivity index (χ4n) is 7.22. The Morgan fingerprint density at radius 3 is 1.65 bits per heavy atom. The molecule has 0 atom stereocenters. The average Bonchev–Trinajstić information content (AvgIpc) is 3.67. The van der Waals surface area contributed by atoms with E-state index in [0.717, 1.165) is 66.5 Å². The summed E-state index contributed by atoms with van der Waals surface area (Å²) in [7, 11) is 0. The molecule has 0 radical (unpaired) electrons. The van der Waals surface area contributed by atoms with E-state index in [2.05, 4.69) is 137 Å². The van der Waals surface area contributed by atoms with E-state index in [-0.39, 0.29) is 0 Å². The third-order valence-corrected chi connectivity index (χ3v) is 9.36. The molecule has 0 spiro atoms. The molecule has 48 heavy (non-hydrogen) atoms. The van der Waals surface area contributed by atoms with Gasteiger partial charge in [-0.15, -0.1) is 0 Å². The minimum atomic E-state index is 0.630. The topological polar surface area (TPSA) is 57.4 Å². The van der Waals surface area contributed by atoms with Gasteiger partial charge in [-0.1, -0.05) is 91.0 Å². The summed E-state index contributed by atoms with van der Waals surface area (Å²) in [6.45, 7) is 0. The SMILES string of the molecule is N#Cc1cccc(-c2ccc(-c3cccc(-n4c5ccccc5c5cc(C#N)ccc54)c3)cc2-n2c3ccccc3c3ccccc32)c1. The zero-order valence-corrected chi connectivity index (χ0v) is 25.8. The maximum absolute atomic E-state index is 9.73. The lowest BCUT2D eigenvalue weighted by Gasteiger charge is -2.17. The Balaban J connectivity index is 1.29. The molecule has 0 saturated carbocycles. The first-order valence-corrected chi connectivity index (χ1v) is 15.9. The lowest BCUT2D eigenvalue weighted by atomic mass is 9.96. The molecule has 0 unspecified atom stereocenters. The van der Waals surface area contributed by atoms with E-state index in [4.69, 9.17) is 0 Å². The molecule has 0 aliphatic rings. The summed E-state index contributed by atoms with van der Waals surface area (Å²) in [4.78, 5) is 0. The lowest BCUT2D eigenvalue weighted by molar-refractivity contribution is 1.17. The minimum absolute atomic E-state index is 0.630. The molecule has 2 aromatic heterocycles. The Kier molecular flexibility index (Phi) is 6.22. The van der Waals surface area contributed by atoms with Gasteiger partial charge in [-0.25, -0.2) is 0 Å². The first-order valence-electron chi connectivity index (χ1n) is 15.9. The molecule has 7 aromatic carbocycles. The first kappa shape index (κ1) is 27.4. The van der Waals surface area contributed by atoms with Crippen molar-refractivity contribution in [2.24, 2.45) is 0 Å². The van der Waals surface area contributed by atoms with Gasteiger partial charge in [0.1, 0.15) is 0 Å². The normalized spacial score (nSPS) is 11.3. The van der Waals surface area contributed by atoms with Crippen LogP contribution in [0.5, 0.6) is 0 Å². The van der Waals surface area contributed by atoms with Gasteiger partial charge in [0.25, 0.3) is 0 Å². The summed E-state index contributed by atoms with van der Waals surface area (Å²) in [6.07, 6.45) is 0. The van der Waals surface area contributed by atoms with Crippen molar-refractivity contribution in [3.8, 4) is 45.8 Å². The van der Waals surface area contributed by atoms with Crippen molar-refractivity contribution in [1.82, 2.24) is 9.13 Å². The number of para-hydroxylation sites is 3. The molecule has 9 rings (SSSR count). The second-order valence-corrected chi connectivity index (χ2v) is 12.0. The molecular formula is C44H26N4. The van der Waals surface area contributed by atoms with Crippen LogP contribution in [0, 0.1) is 22.7 Å². The highest BCUT2D eigenvalue weighted by Crippen LogP contribution is 2.39. The Morgan fingerprint density at radius 2 is 0.938 bits per heavy atom. The van der Waals surface area contributed by atoms with E-state index in [1.165, 1.54) is 10.8 Å². The van der Waals surface area contributed by atoms with Crippen LogP contribution >= 0.6 is 0 Å². The highest BCUT2D eigenvalue weighted by molar-refractivity contribution is 6.11. The molecule has 0 N–H and O–H groups in total. The van der Waals surface area contributed by atoms with Gasteiger partial charge >= 0.3 is 0 Å². The number of nitriles is 2. The van der Waals surface area contributed by atoms with Gasteiger partial charge in [0.05, 0.1) is 51.0 Å². The second kappa shape index (κ2) is 10.9. The zero-order valence-electron chi connectivity index (χ0n) is 25.8. The molecule has 0 fully saturated rings. The van der Waals surface area contributed by atoms with Crippen molar-refractivity contribution < 1.29 is 0 Å². The van der Waals surface area contributed by atoms with Crippen molar-refractivity contribution in [2.45, 2.75) is 0 Å². The van der Waals surface area contributed by atoms with Crippen molar-refractivity contribution in [2.75, 3.05) is 0 Å². The van der Waals surface area contributed by atoms with Crippen LogP contribution in [-0.4, -0.2) is 9.13 Å². The third-order valence-electron chi connectivity index (χ3n) is 9.36. The molecule has 0 bridgehead atoms. The number of aromatic nitrogens is 2. The summed E-state index contributed by atoms with van der Waals surface area (Å²) in [6, 6.07) is 59.1. The summed E-state index contributed by atoms with van der Waals surface area (Å²) in [5.74, 6) is 0. The van der Waals surface area contributed by atoms with E-state index in [9.17, 15) is 10.5 Å². The van der Waals surface area contributed by atoms with Crippen LogP contribution in [0.4, 0.5) is 0 Å². The lowest BCUT2D eigenvalue weighted by Crippen LogP contribution is -1.99. The maximum atomic E-state index is 9.73. The molecule has 222 valence electrons. The van der Waals surface area contributed by atoms with Crippen LogP contribution in [0.3, 0.4) is 0 Å². The highest BCUT2D eigenvalue weighted by Gasteiger charge is 2.18. The van der Waals surface area contributed by atoms with Gasteiger partial charge in [-0.3, -0.25) is 0 Å². The van der Waals surface area contributed by atoms with E-state index in [1.54, 1.807) is 0 Å². The Bertz CT molecular complexity index is 2760. The molecule has 4 nitrogen and oxygen atoms in total. The number of rotatable bonds is 4. The van der Waals surface area contributed by atoms with E-state index in [0.29, 0.717) is 11.1 Å². The van der Waals surface area contributed by atoms with E-state index >= 15 is 0 Å². The Labute approximate surface area is 277 Å². The molecule has 0 saturated heterocycles. The predicted octanol–water partition coefficient (Wildman–Crippen LogP) is 11.0. The summed E-state index contributed by atoms with van der Waals surface area (Å²) >= 11 is 0. The molecule has 0 aliphatic heterocycles. The molecule has 2 heterocycles. The molecule has 0 amide bonds. The van der Waals surface area contributed by atoms with Crippen molar-refractivity contribution in [1.29, 1.82) is 10.5 Å². The predicted molar refractivity (Wildman–Crippen MR) is 195 cm³/mol. The Hall–Kier alpha value is -6.88. The Morgan fingerprint density at radius 1 is 0.375 bits per heavy atom. The molecule has 4 heteroatoms. The largest absolute Gasteiger partial charge is 0.309 e. The van der Waals surface area contributed by atoms with Gasteiger partial charge in [-0.05, 0) is 83.4 Å². The molecule has 0 aliphatic carbocycles. The summed E-state index contributed by atoms with van der Waals surface area (Å²) in [5.41, 5.74) is 12.0. The standard InChI is InChI=1S/C44H26N4/c45-27-29-9-7-11-33(23-29)35-21-20-32(26-44(35)48-41-17-5-1-13-36(41)37-14-2-6-18-42(37)48)31-10-8-12-34(25-31)47-40-16-4-3-15-38(40)39-24-30(28-46)19-22-43(39)47/h1-26H. The van der Waals surface area contributed by atoms with Crippen LogP contribution in [0.25, 0.3) is 77.2 Å². The molecular weight excluding hydrogens is 585 g/mol. The zero-order chi connectivity index (χ0) is 32.2. The summed E-state index contributed by atoms with van der Waals surface area (Å²) in [5, 5.41) is 23.9. The van der Waals surface area contributed by atoms with Gasteiger partial charge < -0.3 is 9.13 Å². The fraction of sp³-hybridized carbons (Fsp3) is 0. The summed E-state index contributed by atoms with van der Waals surface area (Å²) < 4.78 is 4.64. The smallest absolute Gasteiger partial charge is 0.0991 e. The van der Waals surface area contributed by atoms with Gasteiger partial charge in [-0.2, -0.15) is 10.5 Å². The monoisotopic (exact) mass is 610 g/mol. The van der Waals surface area contributed by atoms with Gasteiger partial charge in [0.2, 0.25) is 0 Å². The quantitative estimate of drug-likeness (QED) is 0.199. The van der Waals surface area contributed by atoms with Crippen LogP contribution in [-0.2, 0) is 0 Å². The van der Waals surface area contributed by atoms with Crippen molar-refractivity contribution in [3.05, 3.63) is 169 Å². The van der Waals surface area contributed by atoms with E-state index < -0.39 is 0 Å². The van der Waals surface area contributed by atoms with Crippen LogP contribution < -0.4 is 0 Å². The van der Waals surface area contributed by atoms with Crippen molar-refractivity contribution >= 4 is 43.6 Å². The number of fused-ring (bicyclic) bond motifs is 6. The average molecular weight is 611 g/mol. The molecule has 9 aromatic rings. The highest BCUT2D eigenvalue weighted by atomic mass is 15.0. The van der Waals surface area contributed by atoms with Crippen LogP contribution in [0.2, 0.25) is 0 Å². The first-order chi connectivity index (χ1) is 23.7. The van der Waals surface area contributed by atoms with Crippen LogP contribution in [0.1, 0.15) is 11.1 Å². The number of benzene rings is 7.